The molecule has 0 amide bonds. The van der Waals surface area contributed by atoms with Crippen molar-refractivity contribution >= 4 is 28.9 Å². The van der Waals surface area contributed by atoms with Crippen LogP contribution in [0.15, 0.2) is 30.6 Å². The number of nitrogens with zero attached hydrogens (tertiary/aromatic N) is 5. The van der Waals surface area contributed by atoms with E-state index in [9.17, 15) is 4.39 Å². The van der Waals surface area contributed by atoms with Crippen molar-refractivity contribution in [1.29, 1.82) is 0 Å². The van der Waals surface area contributed by atoms with Crippen molar-refractivity contribution in [2.45, 2.75) is 19.4 Å². The number of hydrogen-bond acceptors (Lipinski definition) is 5. The van der Waals surface area contributed by atoms with Gasteiger partial charge in [0.05, 0.1) is 5.02 Å². The molecule has 1 unspecified atom stereocenters. The van der Waals surface area contributed by atoms with Gasteiger partial charge in [-0.25, -0.2) is 9.37 Å². The zero-order valence-electron chi connectivity index (χ0n) is 13.1. The molecule has 24 heavy (non-hydrogen) atoms. The Morgan fingerprint density at radius 1 is 1.33 bits per heavy atom. The fourth-order valence-electron chi connectivity index (χ4n) is 3.04. The molecule has 6 nitrogen and oxygen atoms in total. The Balaban J connectivity index is 1.52. The normalized spacial score (nSPS) is 17.6. The number of fused-ring (bicyclic) bond motifs is 1. The molecule has 0 saturated carbocycles. The predicted molar refractivity (Wildman–Crippen MR) is 91.2 cm³/mol. The monoisotopic (exact) mass is 346 g/mol. The summed E-state index contributed by atoms with van der Waals surface area (Å²) in [7, 11) is 0. The van der Waals surface area contributed by atoms with Crippen LogP contribution >= 0.6 is 11.6 Å². The summed E-state index contributed by atoms with van der Waals surface area (Å²) in [4.78, 5) is 10.7. The molecule has 1 fully saturated rings. The highest BCUT2D eigenvalue weighted by molar-refractivity contribution is 6.31. The van der Waals surface area contributed by atoms with Crippen LogP contribution in [-0.4, -0.2) is 38.7 Å². The van der Waals surface area contributed by atoms with Gasteiger partial charge >= 0.3 is 0 Å². The quantitative estimate of drug-likeness (QED) is 0.790. The van der Waals surface area contributed by atoms with Crippen molar-refractivity contribution in [3.05, 3.63) is 47.1 Å². The zero-order valence-corrected chi connectivity index (χ0v) is 13.8. The number of aryl methyl sites for hydroxylation is 1. The van der Waals surface area contributed by atoms with Crippen LogP contribution in [0.3, 0.4) is 0 Å². The van der Waals surface area contributed by atoms with E-state index in [-0.39, 0.29) is 11.1 Å². The van der Waals surface area contributed by atoms with E-state index >= 15 is 0 Å². The average Bonchev–Trinajstić information content (AvgIpc) is 3.19. The maximum absolute atomic E-state index is 13.3. The van der Waals surface area contributed by atoms with Crippen LogP contribution in [0.5, 0.6) is 0 Å². The second-order valence-corrected chi connectivity index (χ2v) is 6.34. The van der Waals surface area contributed by atoms with Crippen LogP contribution in [-0.2, 0) is 0 Å². The number of rotatable bonds is 3. The number of anilines is 2. The highest BCUT2D eigenvalue weighted by Gasteiger charge is 2.24. The summed E-state index contributed by atoms with van der Waals surface area (Å²) in [6.07, 6.45) is 2.46. The van der Waals surface area contributed by atoms with Gasteiger partial charge in [0.15, 0.2) is 0 Å². The Labute approximate surface area is 143 Å². The molecule has 1 aromatic carbocycles. The van der Waals surface area contributed by atoms with E-state index in [1.807, 2.05) is 13.0 Å². The fourth-order valence-corrected chi connectivity index (χ4v) is 3.21. The molecule has 1 aliphatic rings. The lowest BCUT2D eigenvalue weighted by atomic mass is 10.2. The fraction of sp³-hybridized carbons (Fsp3) is 0.312. The van der Waals surface area contributed by atoms with E-state index in [0.717, 1.165) is 36.7 Å². The van der Waals surface area contributed by atoms with E-state index in [2.05, 4.69) is 25.3 Å². The Morgan fingerprint density at radius 2 is 2.21 bits per heavy atom. The molecule has 1 aliphatic heterocycles. The standard InChI is InChI=1S/C16H16ClFN6/c1-10-6-15(24-16(21-10)19-9-20-24)22-11-4-5-23(8-11)12-2-3-14(18)13(17)7-12/h2-3,6-7,9,11,22H,4-5,8H2,1H3. The van der Waals surface area contributed by atoms with Crippen molar-refractivity contribution < 1.29 is 4.39 Å². The molecule has 0 bridgehead atoms. The second-order valence-electron chi connectivity index (χ2n) is 5.93. The number of benzene rings is 1. The van der Waals surface area contributed by atoms with Gasteiger partial charge in [0.25, 0.3) is 5.78 Å². The van der Waals surface area contributed by atoms with Crippen molar-refractivity contribution in [2.75, 3.05) is 23.3 Å². The Hall–Kier alpha value is -2.41. The average molecular weight is 347 g/mol. The molecule has 1 atom stereocenters. The lowest BCUT2D eigenvalue weighted by Gasteiger charge is -2.20. The Bertz CT molecular complexity index is 895. The van der Waals surface area contributed by atoms with Gasteiger partial charge in [0, 0.05) is 36.6 Å². The first-order valence-electron chi connectivity index (χ1n) is 7.74. The molecule has 0 aliphatic carbocycles. The largest absolute Gasteiger partial charge is 0.369 e. The summed E-state index contributed by atoms with van der Waals surface area (Å²) in [5.41, 5.74) is 1.82. The molecule has 1 N–H and O–H groups in total. The van der Waals surface area contributed by atoms with Gasteiger partial charge in [0.2, 0.25) is 0 Å². The first-order chi connectivity index (χ1) is 11.6. The molecular formula is C16H16ClFN6. The third kappa shape index (κ3) is 2.75. The smallest absolute Gasteiger partial charge is 0.254 e. The van der Waals surface area contributed by atoms with Gasteiger partial charge in [0.1, 0.15) is 18.0 Å². The summed E-state index contributed by atoms with van der Waals surface area (Å²) in [6, 6.07) is 7.05. The predicted octanol–water partition coefficient (Wildman–Crippen LogP) is 2.92. The van der Waals surface area contributed by atoms with Crippen LogP contribution in [0.2, 0.25) is 5.02 Å². The van der Waals surface area contributed by atoms with E-state index < -0.39 is 5.82 Å². The van der Waals surface area contributed by atoms with Gasteiger partial charge in [-0.15, -0.1) is 0 Å². The molecule has 3 heterocycles. The highest BCUT2D eigenvalue weighted by Crippen LogP contribution is 2.26. The van der Waals surface area contributed by atoms with Crippen LogP contribution in [0.4, 0.5) is 15.9 Å². The highest BCUT2D eigenvalue weighted by atomic mass is 35.5. The summed E-state index contributed by atoms with van der Waals surface area (Å²) < 4.78 is 15.0. The molecule has 1 saturated heterocycles. The summed E-state index contributed by atoms with van der Waals surface area (Å²) in [5.74, 6) is 1.06. The molecule has 0 spiro atoms. The van der Waals surface area contributed by atoms with E-state index in [4.69, 9.17) is 11.6 Å². The van der Waals surface area contributed by atoms with Gasteiger partial charge in [-0.05, 0) is 31.5 Å². The lowest BCUT2D eigenvalue weighted by molar-refractivity contribution is 0.628. The molecule has 0 radical (unpaired) electrons. The van der Waals surface area contributed by atoms with E-state index in [1.165, 1.54) is 12.4 Å². The first kappa shape index (κ1) is 15.1. The van der Waals surface area contributed by atoms with Crippen molar-refractivity contribution in [3.63, 3.8) is 0 Å². The lowest BCUT2D eigenvalue weighted by Crippen LogP contribution is -2.27. The van der Waals surface area contributed by atoms with Crippen LogP contribution in [0, 0.1) is 12.7 Å². The van der Waals surface area contributed by atoms with Gasteiger partial charge < -0.3 is 10.2 Å². The first-order valence-corrected chi connectivity index (χ1v) is 8.12. The topological polar surface area (TPSA) is 58.4 Å². The van der Waals surface area contributed by atoms with E-state index in [0.29, 0.717) is 5.78 Å². The van der Waals surface area contributed by atoms with Crippen LogP contribution < -0.4 is 10.2 Å². The molecule has 3 aromatic rings. The van der Waals surface area contributed by atoms with E-state index in [1.54, 1.807) is 16.6 Å². The molecular weight excluding hydrogens is 331 g/mol. The van der Waals surface area contributed by atoms with Crippen molar-refractivity contribution in [1.82, 2.24) is 19.6 Å². The third-order valence-corrected chi connectivity index (χ3v) is 4.48. The Kier molecular flexibility index (Phi) is 3.72. The van der Waals surface area contributed by atoms with Crippen LogP contribution in [0.1, 0.15) is 12.1 Å². The second kappa shape index (κ2) is 5.90. The maximum atomic E-state index is 13.3. The van der Waals surface area contributed by atoms with Crippen molar-refractivity contribution in [2.24, 2.45) is 0 Å². The maximum Gasteiger partial charge on any atom is 0.254 e. The molecule has 124 valence electrons. The summed E-state index contributed by atoms with van der Waals surface area (Å²) in [5, 5.41) is 7.87. The molecule has 4 rings (SSSR count). The minimum Gasteiger partial charge on any atom is -0.369 e. The minimum atomic E-state index is -0.393. The molecule has 2 aromatic heterocycles. The Morgan fingerprint density at radius 3 is 3.04 bits per heavy atom. The number of hydrogen-bond donors (Lipinski definition) is 1. The van der Waals surface area contributed by atoms with Crippen molar-refractivity contribution in [3.8, 4) is 0 Å². The third-order valence-electron chi connectivity index (χ3n) is 4.19. The number of halogens is 2. The minimum absolute atomic E-state index is 0.151. The molecule has 8 heteroatoms. The van der Waals surface area contributed by atoms with Gasteiger partial charge in [-0.1, -0.05) is 11.6 Å². The number of nitrogens with one attached hydrogen (secondary N) is 1. The van der Waals surface area contributed by atoms with Gasteiger partial charge in [-0.3, -0.25) is 0 Å². The summed E-state index contributed by atoms with van der Waals surface area (Å²) in [6.45, 7) is 3.62. The summed E-state index contributed by atoms with van der Waals surface area (Å²) >= 11 is 5.89. The number of aromatic nitrogens is 4. The zero-order chi connectivity index (χ0) is 16.7. The van der Waals surface area contributed by atoms with Crippen LogP contribution in [0.25, 0.3) is 5.78 Å². The SMILES string of the molecule is Cc1cc(NC2CCN(c3ccc(F)c(Cl)c3)C2)n2ncnc2n1. The van der Waals surface area contributed by atoms with Gasteiger partial charge in [-0.2, -0.15) is 14.6 Å².